The van der Waals surface area contributed by atoms with Crippen LogP contribution in [0.2, 0.25) is 0 Å². The third-order valence-corrected chi connectivity index (χ3v) is 5.45. The van der Waals surface area contributed by atoms with Crippen LogP contribution in [0.4, 0.5) is 0 Å². The molecule has 0 atom stereocenters. The first kappa shape index (κ1) is 21.5. The third kappa shape index (κ3) is 5.70. The zero-order chi connectivity index (χ0) is 22.2. The summed E-state index contributed by atoms with van der Waals surface area (Å²) in [4.78, 5) is 24.2. The summed E-state index contributed by atoms with van der Waals surface area (Å²) in [7, 11) is 0. The molecule has 8 nitrogen and oxygen atoms in total. The molecule has 0 saturated carbocycles. The molecule has 0 aliphatic rings. The first-order chi connectivity index (χ1) is 15.7. The van der Waals surface area contributed by atoms with E-state index in [1.165, 1.54) is 11.8 Å². The fourth-order valence-electron chi connectivity index (χ4n) is 2.94. The van der Waals surface area contributed by atoms with Crippen molar-refractivity contribution in [2.45, 2.75) is 18.1 Å². The van der Waals surface area contributed by atoms with Crippen molar-refractivity contribution in [2.75, 3.05) is 12.3 Å². The number of carbonyl (C=O) groups excluding carboxylic acids is 2. The molecule has 0 bridgehead atoms. The summed E-state index contributed by atoms with van der Waals surface area (Å²) >= 11 is 1.28. The molecule has 162 valence electrons. The number of nitrogens with zero attached hydrogens (tertiary/aromatic N) is 4. The number of benzene rings is 2. The Hall–Kier alpha value is -3.72. The summed E-state index contributed by atoms with van der Waals surface area (Å²) in [5.41, 5.74) is 2.15. The molecule has 2 aromatic carbocycles. The Morgan fingerprint density at radius 3 is 2.47 bits per heavy atom. The van der Waals surface area contributed by atoms with Gasteiger partial charge in [0.25, 0.3) is 5.91 Å². The number of amides is 1. The van der Waals surface area contributed by atoms with Crippen molar-refractivity contribution in [1.29, 1.82) is 0 Å². The van der Waals surface area contributed by atoms with Gasteiger partial charge in [-0.05, 0) is 29.8 Å². The van der Waals surface area contributed by atoms with Crippen LogP contribution in [-0.4, -0.2) is 44.0 Å². The Labute approximate surface area is 189 Å². The molecule has 0 aliphatic heterocycles. The van der Waals surface area contributed by atoms with Crippen LogP contribution in [0.25, 0.3) is 5.65 Å². The van der Waals surface area contributed by atoms with E-state index in [1.54, 1.807) is 28.8 Å². The molecule has 32 heavy (non-hydrogen) atoms. The van der Waals surface area contributed by atoms with E-state index in [9.17, 15) is 9.59 Å². The standard InChI is InChI=1S/C23H21N5O3S/c29-22(31-15-17-7-3-1-4-8-17)16-32-21-12-11-19-25-26-20(28(19)27-21)13-14-24-23(30)18-9-5-2-6-10-18/h1-12H,13-16H2,(H,24,30). The predicted octanol–water partition coefficient (Wildman–Crippen LogP) is 2.93. The van der Waals surface area contributed by atoms with Gasteiger partial charge in [0, 0.05) is 18.5 Å². The Kier molecular flexibility index (Phi) is 7.08. The summed E-state index contributed by atoms with van der Waals surface area (Å²) in [6, 6.07) is 22.2. The maximum Gasteiger partial charge on any atom is 0.316 e. The van der Waals surface area contributed by atoms with Crippen LogP contribution < -0.4 is 5.32 Å². The van der Waals surface area contributed by atoms with Crippen LogP contribution >= 0.6 is 11.8 Å². The Morgan fingerprint density at radius 2 is 1.69 bits per heavy atom. The number of nitrogens with one attached hydrogen (secondary N) is 1. The van der Waals surface area contributed by atoms with Crippen LogP contribution in [0.1, 0.15) is 21.7 Å². The fraction of sp³-hybridized carbons (Fsp3) is 0.174. The SMILES string of the molecule is O=C(CSc1ccc2nnc(CCNC(=O)c3ccccc3)n2n1)OCc1ccccc1. The van der Waals surface area contributed by atoms with Crippen molar-refractivity contribution in [3.8, 4) is 0 Å². The number of hydrogen-bond donors (Lipinski definition) is 1. The van der Waals surface area contributed by atoms with Crippen LogP contribution in [-0.2, 0) is 22.6 Å². The first-order valence-electron chi connectivity index (χ1n) is 10.1. The number of thioether (sulfide) groups is 1. The smallest absolute Gasteiger partial charge is 0.316 e. The second-order valence-electron chi connectivity index (χ2n) is 6.86. The lowest BCUT2D eigenvalue weighted by Gasteiger charge is -2.06. The van der Waals surface area contributed by atoms with Crippen LogP contribution in [0.3, 0.4) is 0 Å². The van der Waals surface area contributed by atoms with Crippen LogP contribution in [0.5, 0.6) is 0 Å². The molecule has 0 radical (unpaired) electrons. The van der Waals surface area contributed by atoms with Crippen molar-refractivity contribution < 1.29 is 14.3 Å². The molecular formula is C23H21N5O3S. The molecule has 2 aromatic heterocycles. The molecule has 0 aliphatic carbocycles. The molecule has 0 spiro atoms. The minimum atomic E-state index is -0.312. The van der Waals surface area contributed by atoms with Crippen molar-refractivity contribution >= 4 is 29.3 Å². The van der Waals surface area contributed by atoms with Crippen molar-refractivity contribution in [1.82, 2.24) is 25.1 Å². The Balaban J connectivity index is 1.30. The minimum Gasteiger partial charge on any atom is -0.460 e. The zero-order valence-corrected chi connectivity index (χ0v) is 18.0. The number of ether oxygens (including phenoxy) is 1. The molecular weight excluding hydrogens is 426 g/mol. The highest BCUT2D eigenvalue weighted by Crippen LogP contribution is 2.16. The minimum absolute atomic E-state index is 0.141. The van der Waals surface area contributed by atoms with Gasteiger partial charge in [-0.3, -0.25) is 9.59 Å². The second kappa shape index (κ2) is 10.5. The van der Waals surface area contributed by atoms with Gasteiger partial charge in [0.05, 0.1) is 5.75 Å². The molecule has 4 rings (SSSR count). The van der Waals surface area contributed by atoms with Crippen LogP contribution in [0, 0.1) is 0 Å². The molecule has 9 heteroatoms. The molecule has 1 amide bonds. The average Bonchev–Trinajstić information content (AvgIpc) is 3.24. The number of carbonyl (C=O) groups is 2. The van der Waals surface area contributed by atoms with Gasteiger partial charge in [0.15, 0.2) is 11.5 Å². The predicted molar refractivity (Wildman–Crippen MR) is 120 cm³/mol. The van der Waals surface area contributed by atoms with Gasteiger partial charge < -0.3 is 10.1 Å². The normalized spacial score (nSPS) is 10.8. The van der Waals surface area contributed by atoms with E-state index >= 15 is 0 Å². The van der Waals surface area contributed by atoms with Gasteiger partial charge in [-0.25, -0.2) is 0 Å². The average molecular weight is 448 g/mol. The number of rotatable bonds is 9. The molecule has 4 aromatic rings. The van der Waals surface area contributed by atoms with Crippen molar-refractivity contribution in [3.63, 3.8) is 0 Å². The monoisotopic (exact) mass is 447 g/mol. The van der Waals surface area contributed by atoms with E-state index in [2.05, 4.69) is 20.6 Å². The van der Waals surface area contributed by atoms with E-state index in [0.717, 1.165) is 5.56 Å². The van der Waals surface area contributed by atoms with E-state index in [1.807, 2.05) is 48.5 Å². The van der Waals surface area contributed by atoms with E-state index < -0.39 is 0 Å². The lowest BCUT2D eigenvalue weighted by Crippen LogP contribution is -2.26. The number of hydrogen-bond acceptors (Lipinski definition) is 7. The lowest BCUT2D eigenvalue weighted by molar-refractivity contribution is -0.141. The molecule has 0 unspecified atom stereocenters. The van der Waals surface area contributed by atoms with Crippen LogP contribution in [0.15, 0.2) is 77.8 Å². The molecule has 1 N–H and O–H groups in total. The largest absolute Gasteiger partial charge is 0.460 e. The van der Waals surface area contributed by atoms with Crippen molar-refractivity contribution in [2.24, 2.45) is 0 Å². The Morgan fingerprint density at radius 1 is 0.938 bits per heavy atom. The highest BCUT2D eigenvalue weighted by molar-refractivity contribution is 7.99. The summed E-state index contributed by atoms with van der Waals surface area (Å²) in [6.07, 6.45) is 0.472. The summed E-state index contributed by atoms with van der Waals surface area (Å²) in [6.45, 7) is 0.649. The van der Waals surface area contributed by atoms with Crippen molar-refractivity contribution in [3.05, 3.63) is 89.7 Å². The van der Waals surface area contributed by atoms with Gasteiger partial charge in [-0.1, -0.05) is 60.3 Å². The van der Waals surface area contributed by atoms with Gasteiger partial charge in [0.2, 0.25) is 0 Å². The summed E-state index contributed by atoms with van der Waals surface area (Å²) in [5.74, 6) is 0.323. The summed E-state index contributed by atoms with van der Waals surface area (Å²) in [5, 5.41) is 16.3. The topological polar surface area (TPSA) is 98.5 Å². The molecule has 2 heterocycles. The zero-order valence-electron chi connectivity index (χ0n) is 17.2. The van der Waals surface area contributed by atoms with Gasteiger partial charge in [-0.2, -0.15) is 9.61 Å². The fourth-order valence-corrected chi connectivity index (χ4v) is 3.59. The number of fused-ring (bicyclic) bond motifs is 1. The van der Waals surface area contributed by atoms with E-state index in [4.69, 9.17) is 4.74 Å². The summed E-state index contributed by atoms with van der Waals surface area (Å²) < 4.78 is 6.93. The van der Waals surface area contributed by atoms with E-state index in [0.29, 0.717) is 35.0 Å². The second-order valence-corrected chi connectivity index (χ2v) is 7.86. The lowest BCUT2D eigenvalue weighted by atomic mass is 10.2. The number of aromatic nitrogens is 4. The van der Waals surface area contributed by atoms with Gasteiger partial charge in [-0.15, -0.1) is 10.2 Å². The molecule has 0 fully saturated rings. The molecule has 0 saturated heterocycles. The van der Waals surface area contributed by atoms with Gasteiger partial charge >= 0.3 is 5.97 Å². The van der Waals surface area contributed by atoms with E-state index in [-0.39, 0.29) is 24.2 Å². The highest BCUT2D eigenvalue weighted by atomic mass is 32.2. The maximum absolute atomic E-state index is 12.2. The first-order valence-corrected chi connectivity index (χ1v) is 11.0. The third-order valence-electron chi connectivity index (χ3n) is 4.55. The maximum atomic E-state index is 12.2. The number of esters is 1. The quantitative estimate of drug-likeness (QED) is 0.311. The van der Waals surface area contributed by atoms with Gasteiger partial charge in [0.1, 0.15) is 11.6 Å². The Bertz CT molecular complexity index is 1200. The highest BCUT2D eigenvalue weighted by Gasteiger charge is 2.11.